The summed E-state index contributed by atoms with van der Waals surface area (Å²) in [7, 11) is 0. The molecular formula is C23H15ClN4O2S. The van der Waals surface area contributed by atoms with Crippen molar-refractivity contribution in [3.05, 3.63) is 88.1 Å². The number of rotatable bonds is 3. The molecule has 0 fully saturated rings. The summed E-state index contributed by atoms with van der Waals surface area (Å²) in [6.45, 7) is 1.99. The summed E-state index contributed by atoms with van der Waals surface area (Å²) in [4.78, 5) is 16.8. The van der Waals surface area contributed by atoms with Gasteiger partial charge in [0.05, 0.1) is 5.57 Å². The highest BCUT2D eigenvalue weighted by atomic mass is 35.5. The van der Waals surface area contributed by atoms with E-state index >= 15 is 0 Å². The van der Waals surface area contributed by atoms with E-state index in [1.807, 2.05) is 43.3 Å². The molecule has 5 rings (SSSR count). The van der Waals surface area contributed by atoms with Gasteiger partial charge in [-0.25, -0.2) is 0 Å². The lowest BCUT2D eigenvalue weighted by molar-refractivity contribution is -0.114. The van der Waals surface area contributed by atoms with Crippen molar-refractivity contribution in [1.29, 1.82) is 5.41 Å². The number of hydrogen-bond acceptors (Lipinski definition) is 5. The first-order chi connectivity index (χ1) is 15.0. The summed E-state index contributed by atoms with van der Waals surface area (Å²) in [6.07, 6.45) is 1.52. The maximum atomic E-state index is 12.6. The third-order valence-electron chi connectivity index (χ3n) is 4.85. The molecule has 1 aromatic heterocycles. The standard InChI is InChI=1S/C23H15ClN4O2S/c1-13-5-2-3-8-17(13)22-27-28-20(25)18(21(29)26-23(28)31-22)12-16-9-10-19(30-16)14-6-4-7-15(24)11-14/h2-12,25H,1H3/b18-12-,25-20?. The number of benzene rings is 2. The molecule has 0 aliphatic carbocycles. The van der Waals surface area contributed by atoms with Gasteiger partial charge in [0.2, 0.25) is 5.17 Å². The molecule has 0 atom stereocenters. The molecule has 0 radical (unpaired) electrons. The molecule has 1 amide bonds. The number of furan rings is 1. The Labute approximate surface area is 187 Å². The van der Waals surface area contributed by atoms with Crippen LogP contribution in [0.2, 0.25) is 5.02 Å². The molecule has 152 valence electrons. The molecule has 31 heavy (non-hydrogen) atoms. The number of nitrogens with zero attached hydrogens (tertiary/aromatic N) is 3. The Balaban J connectivity index is 1.46. The van der Waals surface area contributed by atoms with Gasteiger partial charge >= 0.3 is 0 Å². The van der Waals surface area contributed by atoms with Gasteiger partial charge in [-0.3, -0.25) is 10.2 Å². The van der Waals surface area contributed by atoms with E-state index in [-0.39, 0.29) is 11.4 Å². The lowest BCUT2D eigenvalue weighted by Gasteiger charge is -2.19. The number of aryl methyl sites for hydroxylation is 1. The van der Waals surface area contributed by atoms with Crippen LogP contribution in [-0.2, 0) is 4.79 Å². The van der Waals surface area contributed by atoms with Crippen LogP contribution in [0.3, 0.4) is 0 Å². The zero-order valence-electron chi connectivity index (χ0n) is 16.3. The number of carbonyl (C=O) groups is 1. The minimum atomic E-state index is -0.495. The monoisotopic (exact) mass is 446 g/mol. The van der Waals surface area contributed by atoms with Crippen molar-refractivity contribution in [3.8, 4) is 11.3 Å². The van der Waals surface area contributed by atoms with Gasteiger partial charge in [-0.05, 0) is 54.6 Å². The Morgan fingerprint density at radius 1 is 1.13 bits per heavy atom. The van der Waals surface area contributed by atoms with Gasteiger partial charge in [0.1, 0.15) is 16.6 Å². The van der Waals surface area contributed by atoms with E-state index < -0.39 is 5.91 Å². The van der Waals surface area contributed by atoms with Crippen molar-refractivity contribution >= 4 is 51.4 Å². The first-order valence-electron chi connectivity index (χ1n) is 9.41. The fourth-order valence-electron chi connectivity index (χ4n) is 3.28. The summed E-state index contributed by atoms with van der Waals surface area (Å²) in [5.74, 6) is 0.527. The summed E-state index contributed by atoms with van der Waals surface area (Å²) in [6, 6.07) is 18.7. The summed E-state index contributed by atoms with van der Waals surface area (Å²) >= 11 is 7.33. The number of amides is 1. The van der Waals surface area contributed by atoms with E-state index in [9.17, 15) is 4.79 Å². The average Bonchev–Trinajstić information content (AvgIpc) is 3.39. The van der Waals surface area contributed by atoms with Crippen LogP contribution in [0.1, 0.15) is 16.9 Å². The van der Waals surface area contributed by atoms with Gasteiger partial charge < -0.3 is 4.42 Å². The predicted octanol–water partition coefficient (Wildman–Crippen LogP) is 5.58. The molecule has 2 aromatic carbocycles. The second kappa shape index (κ2) is 7.68. The lowest BCUT2D eigenvalue weighted by Crippen LogP contribution is -2.35. The Morgan fingerprint density at radius 3 is 2.77 bits per heavy atom. The van der Waals surface area contributed by atoms with E-state index in [1.165, 1.54) is 22.8 Å². The molecule has 6 nitrogen and oxygen atoms in total. The van der Waals surface area contributed by atoms with Gasteiger partial charge in [-0.2, -0.15) is 15.1 Å². The van der Waals surface area contributed by atoms with Gasteiger partial charge in [0.15, 0.2) is 5.84 Å². The quantitative estimate of drug-likeness (QED) is 0.533. The van der Waals surface area contributed by atoms with E-state index in [1.54, 1.807) is 24.3 Å². The van der Waals surface area contributed by atoms with Crippen molar-refractivity contribution < 1.29 is 9.21 Å². The third-order valence-corrected chi connectivity index (χ3v) is 6.03. The van der Waals surface area contributed by atoms with E-state index in [4.69, 9.17) is 21.4 Å². The van der Waals surface area contributed by atoms with Gasteiger partial charge in [-0.15, -0.1) is 0 Å². The Morgan fingerprint density at radius 2 is 1.97 bits per heavy atom. The van der Waals surface area contributed by atoms with Crippen LogP contribution in [0.25, 0.3) is 17.4 Å². The smallest absolute Gasteiger partial charge is 0.283 e. The van der Waals surface area contributed by atoms with Crippen LogP contribution >= 0.6 is 23.4 Å². The fourth-order valence-corrected chi connectivity index (χ4v) is 4.46. The van der Waals surface area contributed by atoms with Crippen LogP contribution in [0.4, 0.5) is 0 Å². The zero-order chi connectivity index (χ0) is 21.5. The number of carbonyl (C=O) groups excluding carboxylic acids is 1. The number of thioether (sulfide) groups is 1. The summed E-state index contributed by atoms with van der Waals surface area (Å²) in [5.41, 5.74) is 2.96. The van der Waals surface area contributed by atoms with Crippen molar-refractivity contribution in [1.82, 2.24) is 5.01 Å². The number of halogens is 1. The van der Waals surface area contributed by atoms with Crippen LogP contribution in [0, 0.1) is 12.3 Å². The molecule has 1 N–H and O–H groups in total. The predicted molar refractivity (Wildman–Crippen MR) is 124 cm³/mol. The molecular weight excluding hydrogens is 432 g/mol. The molecule has 3 aromatic rings. The number of amidine groups is 2. The average molecular weight is 447 g/mol. The number of fused-ring (bicyclic) bond motifs is 1. The topological polar surface area (TPSA) is 82.0 Å². The van der Waals surface area contributed by atoms with Crippen LogP contribution in [-0.4, -0.2) is 27.0 Å². The molecule has 8 heteroatoms. The molecule has 0 saturated heterocycles. The van der Waals surface area contributed by atoms with Crippen LogP contribution in [0.15, 0.2) is 80.7 Å². The van der Waals surface area contributed by atoms with Crippen molar-refractivity contribution in [2.45, 2.75) is 6.92 Å². The Bertz CT molecular complexity index is 1340. The highest BCUT2D eigenvalue weighted by Gasteiger charge is 2.36. The number of aliphatic imine (C=N–C) groups is 1. The largest absolute Gasteiger partial charge is 0.457 e. The lowest BCUT2D eigenvalue weighted by atomic mass is 10.1. The van der Waals surface area contributed by atoms with E-state index in [2.05, 4.69) is 10.1 Å². The molecule has 0 unspecified atom stereocenters. The highest BCUT2D eigenvalue weighted by molar-refractivity contribution is 8.27. The molecule has 2 aliphatic heterocycles. The first kappa shape index (κ1) is 19.5. The first-order valence-corrected chi connectivity index (χ1v) is 10.6. The summed E-state index contributed by atoms with van der Waals surface area (Å²) in [5, 5.41) is 16.1. The summed E-state index contributed by atoms with van der Waals surface area (Å²) < 4.78 is 5.85. The second-order valence-corrected chi connectivity index (χ2v) is 8.34. The van der Waals surface area contributed by atoms with Gasteiger partial charge in [0.25, 0.3) is 5.91 Å². The normalized spacial score (nSPS) is 17.1. The third kappa shape index (κ3) is 3.62. The SMILES string of the molecule is Cc1ccccc1C1=NN2C(=N)/C(=C/c3ccc(-c4cccc(Cl)c4)o3)C(=O)N=C2S1. The molecule has 0 saturated carbocycles. The Hall–Kier alpha value is -3.42. The maximum absolute atomic E-state index is 12.6. The molecule has 3 heterocycles. The number of hydrazone groups is 1. The van der Waals surface area contributed by atoms with Crippen molar-refractivity contribution in [3.63, 3.8) is 0 Å². The molecule has 2 aliphatic rings. The zero-order valence-corrected chi connectivity index (χ0v) is 17.9. The Kier molecular flexibility index (Phi) is 4.84. The van der Waals surface area contributed by atoms with E-state index in [0.717, 1.165) is 16.7 Å². The van der Waals surface area contributed by atoms with Gasteiger partial charge in [-0.1, -0.05) is 48.0 Å². The second-order valence-electron chi connectivity index (χ2n) is 6.95. The minimum Gasteiger partial charge on any atom is -0.457 e. The van der Waals surface area contributed by atoms with Crippen LogP contribution in [0.5, 0.6) is 0 Å². The van der Waals surface area contributed by atoms with Crippen molar-refractivity contribution in [2.75, 3.05) is 0 Å². The van der Waals surface area contributed by atoms with Crippen LogP contribution < -0.4 is 0 Å². The number of nitrogens with one attached hydrogen (secondary N) is 1. The highest BCUT2D eigenvalue weighted by Crippen LogP contribution is 2.32. The minimum absolute atomic E-state index is 0.0354. The fraction of sp³-hybridized carbons (Fsp3) is 0.0435. The molecule has 0 spiro atoms. The molecule has 0 bridgehead atoms. The maximum Gasteiger partial charge on any atom is 0.283 e. The van der Waals surface area contributed by atoms with Crippen molar-refractivity contribution in [2.24, 2.45) is 10.1 Å². The van der Waals surface area contributed by atoms with E-state index in [0.29, 0.717) is 26.8 Å². The van der Waals surface area contributed by atoms with Gasteiger partial charge in [0, 0.05) is 16.1 Å². The number of hydrogen-bond donors (Lipinski definition) is 1.